The second-order valence-electron chi connectivity index (χ2n) is 8.25. The summed E-state index contributed by atoms with van der Waals surface area (Å²) in [7, 11) is 0. The number of carbonyl (C=O) groups excluding carboxylic acids is 3. The van der Waals surface area contributed by atoms with Gasteiger partial charge in [0.1, 0.15) is 18.1 Å². The summed E-state index contributed by atoms with van der Waals surface area (Å²) >= 11 is 5.53. The van der Waals surface area contributed by atoms with Gasteiger partial charge in [-0.3, -0.25) is 19.2 Å². The fourth-order valence-electron chi connectivity index (χ4n) is 3.53. The lowest BCUT2D eigenvalue weighted by Crippen LogP contribution is -2.58. The summed E-state index contributed by atoms with van der Waals surface area (Å²) in [5, 5.41) is 26.2. The molecule has 0 aliphatic carbocycles. The number of nitrogens with one attached hydrogen (secondary N) is 4. The number of fused-ring (bicyclic) bond motifs is 1. The van der Waals surface area contributed by atoms with E-state index in [1.807, 2.05) is 24.3 Å². The van der Waals surface area contributed by atoms with E-state index in [0.717, 1.165) is 16.5 Å². The van der Waals surface area contributed by atoms with E-state index >= 15 is 0 Å². The summed E-state index contributed by atoms with van der Waals surface area (Å²) in [4.78, 5) is 63.6. The lowest BCUT2D eigenvalue weighted by Gasteiger charge is -2.24. The Hall–Kier alpha value is -3.23. The summed E-state index contributed by atoms with van der Waals surface area (Å²) in [6.45, 7) is 0. The summed E-state index contributed by atoms with van der Waals surface area (Å²) in [6, 6.07) is 2.65. The zero-order valence-electron chi connectivity index (χ0n) is 20.1. The van der Waals surface area contributed by atoms with Crippen molar-refractivity contribution in [2.24, 2.45) is 5.73 Å². The van der Waals surface area contributed by atoms with E-state index in [0.29, 0.717) is 5.75 Å². The van der Waals surface area contributed by atoms with Crippen LogP contribution in [0.25, 0.3) is 10.9 Å². The lowest BCUT2D eigenvalue weighted by molar-refractivity contribution is -0.147. The Balaban J connectivity index is 2.03. The molecule has 0 saturated carbocycles. The Morgan fingerprint density at radius 2 is 1.62 bits per heavy atom. The molecule has 3 amide bonds. The zero-order chi connectivity index (χ0) is 27.5. The van der Waals surface area contributed by atoms with Crippen LogP contribution in [0.4, 0.5) is 0 Å². The van der Waals surface area contributed by atoms with Gasteiger partial charge in [0, 0.05) is 22.9 Å². The molecule has 0 fully saturated rings. The first-order valence-corrected chi connectivity index (χ1v) is 13.4. The van der Waals surface area contributed by atoms with Gasteiger partial charge in [-0.15, -0.1) is 0 Å². The molecule has 8 N–H and O–H groups in total. The molecule has 0 radical (unpaired) electrons. The minimum Gasteiger partial charge on any atom is -0.481 e. The number of hydrogen-bond acceptors (Lipinski definition) is 8. The van der Waals surface area contributed by atoms with E-state index in [9.17, 15) is 29.1 Å². The average molecular weight is 554 g/mol. The number of nitrogens with two attached hydrogens (primary N) is 1. The molecular formula is C23H31N5O7S2. The minimum absolute atomic E-state index is 0.0923. The van der Waals surface area contributed by atoms with Crippen molar-refractivity contribution in [1.82, 2.24) is 20.9 Å². The van der Waals surface area contributed by atoms with Crippen LogP contribution in [0, 0.1) is 0 Å². The number of aromatic nitrogens is 1. The van der Waals surface area contributed by atoms with Gasteiger partial charge in [0.2, 0.25) is 17.7 Å². The fraction of sp³-hybridized carbons (Fsp3) is 0.435. The van der Waals surface area contributed by atoms with Crippen LogP contribution in [0.5, 0.6) is 0 Å². The standard InChI is InChI=1S/C23H31N5O7S2/c1-37-7-6-16(21(32)27-17(23(34)35)9-19(29)30)26-22(33)18(11-36)28-20(31)14(24)8-12-10-25-15-5-3-2-4-13(12)15/h2-5,10,14,16-18,25,36H,6-9,11,24H2,1H3,(H,26,33)(H,27,32)(H,28,31)(H,29,30)(H,34,35). The molecule has 202 valence electrons. The monoisotopic (exact) mass is 553 g/mol. The third-order valence-electron chi connectivity index (χ3n) is 5.50. The Morgan fingerprint density at radius 1 is 1.00 bits per heavy atom. The van der Waals surface area contributed by atoms with E-state index < -0.39 is 60.2 Å². The number of H-pyrrole nitrogens is 1. The summed E-state index contributed by atoms with van der Waals surface area (Å²) in [5.74, 6) is -4.72. The van der Waals surface area contributed by atoms with Gasteiger partial charge in [-0.05, 0) is 36.5 Å². The number of aromatic amines is 1. The summed E-state index contributed by atoms with van der Waals surface area (Å²) in [6.07, 6.45) is 3.09. The van der Waals surface area contributed by atoms with Crippen LogP contribution in [0.1, 0.15) is 18.4 Å². The van der Waals surface area contributed by atoms with Crippen LogP contribution in [-0.4, -0.2) is 86.8 Å². The van der Waals surface area contributed by atoms with Crippen LogP contribution < -0.4 is 21.7 Å². The number of benzene rings is 1. The van der Waals surface area contributed by atoms with Crippen molar-refractivity contribution < 1.29 is 34.2 Å². The average Bonchev–Trinajstić information content (AvgIpc) is 3.26. The number of carbonyl (C=O) groups is 5. The van der Waals surface area contributed by atoms with Gasteiger partial charge >= 0.3 is 11.9 Å². The molecule has 14 heteroatoms. The van der Waals surface area contributed by atoms with Crippen LogP contribution in [0.3, 0.4) is 0 Å². The fourth-order valence-corrected chi connectivity index (χ4v) is 4.26. The van der Waals surface area contributed by atoms with Gasteiger partial charge < -0.3 is 36.9 Å². The van der Waals surface area contributed by atoms with Crippen LogP contribution in [0.2, 0.25) is 0 Å². The van der Waals surface area contributed by atoms with Crippen LogP contribution in [-0.2, 0) is 30.4 Å². The molecule has 0 bridgehead atoms. The number of para-hydroxylation sites is 1. The molecule has 2 aromatic rings. The first-order valence-electron chi connectivity index (χ1n) is 11.3. The smallest absolute Gasteiger partial charge is 0.326 e. The quantitative estimate of drug-likeness (QED) is 0.137. The van der Waals surface area contributed by atoms with Crippen LogP contribution in [0.15, 0.2) is 30.5 Å². The van der Waals surface area contributed by atoms with E-state index in [1.165, 1.54) is 11.8 Å². The van der Waals surface area contributed by atoms with E-state index in [-0.39, 0.29) is 18.6 Å². The molecule has 4 unspecified atom stereocenters. The molecule has 4 atom stereocenters. The highest BCUT2D eigenvalue weighted by Gasteiger charge is 2.30. The highest BCUT2D eigenvalue weighted by molar-refractivity contribution is 7.98. The number of hydrogen-bond donors (Lipinski definition) is 8. The number of thioether (sulfide) groups is 1. The molecule has 1 heterocycles. The Labute approximate surface area is 222 Å². The van der Waals surface area contributed by atoms with Crippen molar-refractivity contribution in [3.63, 3.8) is 0 Å². The second kappa shape index (κ2) is 14.5. The van der Waals surface area contributed by atoms with Crippen molar-refractivity contribution in [2.45, 2.75) is 43.4 Å². The first-order chi connectivity index (χ1) is 17.6. The molecule has 1 aromatic carbocycles. The second-order valence-corrected chi connectivity index (χ2v) is 9.60. The SMILES string of the molecule is CSCCC(NC(=O)C(CS)NC(=O)C(N)Cc1c[nH]c2ccccc12)C(=O)NC(CC(=O)O)C(=O)O. The molecule has 2 rings (SSSR count). The normalized spacial score (nSPS) is 14.2. The highest BCUT2D eigenvalue weighted by atomic mass is 32.2. The molecule has 0 aliphatic rings. The largest absolute Gasteiger partial charge is 0.481 e. The molecule has 0 aliphatic heterocycles. The van der Waals surface area contributed by atoms with Gasteiger partial charge in [0.05, 0.1) is 12.5 Å². The molecular weight excluding hydrogens is 522 g/mol. The number of amides is 3. The highest BCUT2D eigenvalue weighted by Crippen LogP contribution is 2.18. The van der Waals surface area contributed by atoms with Crippen molar-refractivity contribution in [2.75, 3.05) is 17.8 Å². The summed E-state index contributed by atoms with van der Waals surface area (Å²) < 4.78 is 0. The topological polar surface area (TPSA) is 204 Å². The predicted molar refractivity (Wildman–Crippen MR) is 143 cm³/mol. The third-order valence-corrected chi connectivity index (χ3v) is 6.51. The lowest BCUT2D eigenvalue weighted by atomic mass is 10.0. The molecule has 37 heavy (non-hydrogen) atoms. The Kier molecular flexibility index (Phi) is 11.8. The maximum absolute atomic E-state index is 12.9. The zero-order valence-corrected chi connectivity index (χ0v) is 21.8. The van der Waals surface area contributed by atoms with E-state index in [1.54, 1.807) is 12.5 Å². The van der Waals surface area contributed by atoms with Gasteiger partial charge in [0.15, 0.2) is 0 Å². The molecule has 0 saturated heterocycles. The van der Waals surface area contributed by atoms with Gasteiger partial charge in [-0.1, -0.05) is 18.2 Å². The minimum atomic E-state index is -1.67. The van der Waals surface area contributed by atoms with E-state index in [4.69, 9.17) is 10.8 Å². The van der Waals surface area contributed by atoms with Gasteiger partial charge in [0.25, 0.3) is 0 Å². The van der Waals surface area contributed by atoms with Crippen LogP contribution >= 0.6 is 24.4 Å². The van der Waals surface area contributed by atoms with Gasteiger partial charge in [-0.2, -0.15) is 24.4 Å². The number of aliphatic carboxylic acids is 2. The number of rotatable bonds is 15. The number of carboxylic acid groups (broad SMARTS) is 2. The maximum Gasteiger partial charge on any atom is 0.326 e. The van der Waals surface area contributed by atoms with E-state index in [2.05, 4.69) is 33.6 Å². The molecule has 12 nitrogen and oxygen atoms in total. The Bertz CT molecular complexity index is 1130. The van der Waals surface area contributed by atoms with Crippen molar-refractivity contribution >= 4 is 65.0 Å². The number of carboxylic acids is 2. The van der Waals surface area contributed by atoms with Crippen molar-refractivity contribution in [3.8, 4) is 0 Å². The predicted octanol–water partition coefficient (Wildman–Crippen LogP) is -0.266. The summed E-state index contributed by atoms with van der Waals surface area (Å²) in [5.41, 5.74) is 7.83. The third kappa shape index (κ3) is 8.98. The first kappa shape index (κ1) is 30.0. The molecule has 0 spiro atoms. The maximum atomic E-state index is 12.9. The number of thiol groups is 1. The molecule has 1 aromatic heterocycles. The Morgan fingerprint density at radius 3 is 2.24 bits per heavy atom. The van der Waals surface area contributed by atoms with Crippen molar-refractivity contribution in [3.05, 3.63) is 36.0 Å². The van der Waals surface area contributed by atoms with Crippen molar-refractivity contribution in [1.29, 1.82) is 0 Å². The van der Waals surface area contributed by atoms with Gasteiger partial charge in [-0.25, -0.2) is 4.79 Å².